The van der Waals surface area contributed by atoms with E-state index in [9.17, 15) is 4.79 Å². The van der Waals surface area contributed by atoms with Crippen LogP contribution in [0.1, 0.15) is 23.6 Å². The van der Waals surface area contributed by atoms with Crippen molar-refractivity contribution in [1.82, 2.24) is 0 Å². The number of esters is 1. The molecule has 0 bridgehead atoms. The van der Waals surface area contributed by atoms with Gasteiger partial charge in [-0.15, -0.1) is 0 Å². The van der Waals surface area contributed by atoms with Gasteiger partial charge < -0.3 is 4.74 Å². The van der Waals surface area contributed by atoms with Gasteiger partial charge in [-0.3, -0.25) is 9.11 Å². The Morgan fingerprint density at radius 3 is 1.32 bits per heavy atom. The summed E-state index contributed by atoms with van der Waals surface area (Å²) in [4.78, 5) is 12.6. The molecule has 0 radical (unpaired) electrons. The maximum absolute atomic E-state index is 12.6. The van der Waals surface area contributed by atoms with Crippen LogP contribution < -0.4 is 0 Å². The third kappa shape index (κ3) is 7.65. The van der Waals surface area contributed by atoms with Gasteiger partial charge in [0.05, 0.1) is 0 Å². The van der Waals surface area contributed by atoms with Crippen molar-refractivity contribution in [1.29, 1.82) is 0 Å². The fourth-order valence-electron chi connectivity index (χ4n) is 2.92. The molecule has 0 saturated carbocycles. The summed E-state index contributed by atoms with van der Waals surface area (Å²) in [5, 5.41) is 0. The van der Waals surface area contributed by atoms with E-state index >= 15 is 0 Å². The highest BCUT2D eigenvalue weighted by molar-refractivity contribution is 8.26. The first-order valence-corrected chi connectivity index (χ1v) is 11.3. The Hall–Kier alpha value is -2.41. The van der Waals surface area contributed by atoms with Crippen LogP contribution in [0, 0.1) is 0 Å². The van der Waals surface area contributed by atoms with Gasteiger partial charge in [-0.1, -0.05) is 97.6 Å². The number of benzene rings is 3. The Morgan fingerprint density at radius 1 is 0.839 bits per heavy atom. The quantitative estimate of drug-likeness (QED) is 0.237. The predicted molar refractivity (Wildman–Crippen MR) is 132 cm³/mol. The predicted octanol–water partition coefficient (Wildman–Crippen LogP) is 4.83. The molecular formula is C23H25O5PS2. The van der Waals surface area contributed by atoms with Crippen LogP contribution in [0.25, 0.3) is 0 Å². The molecule has 0 fully saturated rings. The van der Waals surface area contributed by atoms with Gasteiger partial charge in [0.15, 0.2) is 5.60 Å². The lowest BCUT2D eigenvalue weighted by Gasteiger charge is -2.35. The van der Waals surface area contributed by atoms with Crippen molar-refractivity contribution in [3.05, 3.63) is 120 Å². The summed E-state index contributed by atoms with van der Waals surface area (Å²) in [6.45, 7) is 5.41. The lowest BCUT2D eigenvalue weighted by molar-refractivity contribution is -0.148. The standard InChI is InChI=1S/C23H20O2.H2O3S2.H3P/c1-18(2)22(24)25-23(19-12-6-3-7-13-19,20-14-8-4-9-15-20)21-16-10-5-11-17-21;1-5(2,3)4;/h3-17H,1H2,2H3;(H2,1,2,3,4);1H3. The Bertz CT molecular complexity index is 982. The van der Waals surface area contributed by atoms with Crippen LogP contribution in [0.4, 0.5) is 0 Å². The van der Waals surface area contributed by atoms with Crippen LogP contribution in [-0.2, 0) is 35.4 Å². The summed E-state index contributed by atoms with van der Waals surface area (Å²) in [5.41, 5.74) is 2.01. The molecule has 0 saturated heterocycles. The normalized spacial score (nSPS) is 10.7. The Balaban J connectivity index is 0.000000721. The lowest BCUT2D eigenvalue weighted by atomic mass is 9.80. The zero-order chi connectivity index (χ0) is 22.2. The topological polar surface area (TPSA) is 83.8 Å². The maximum Gasteiger partial charge on any atom is 0.334 e. The zero-order valence-electron chi connectivity index (χ0n) is 17.0. The second-order valence-corrected chi connectivity index (χ2v) is 8.60. The minimum atomic E-state index is -3.83. The van der Waals surface area contributed by atoms with E-state index in [0.29, 0.717) is 5.57 Å². The van der Waals surface area contributed by atoms with Crippen LogP contribution in [0.15, 0.2) is 103 Å². The number of ether oxygens (including phenoxy) is 1. The molecule has 2 N–H and O–H groups in total. The molecule has 0 aliphatic carbocycles. The molecule has 3 rings (SSSR count). The van der Waals surface area contributed by atoms with Gasteiger partial charge in [-0.05, 0) is 6.92 Å². The summed E-state index contributed by atoms with van der Waals surface area (Å²) < 4.78 is 30.1. The average Bonchev–Trinajstić information content (AvgIpc) is 2.72. The molecule has 31 heavy (non-hydrogen) atoms. The van der Waals surface area contributed by atoms with E-state index in [1.54, 1.807) is 6.92 Å². The first-order valence-electron chi connectivity index (χ1n) is 8.90. The van der Waals surface area contributed by atoms with Crippen molar-refractivity contribution in [3.63, 3.8) is 0 Å². The highest BCUT2D eigenvalue weighted by Crippen LogP contribution is 2.40. The lowest BCUT2D eigenvalue weighted by Crippen LogP contribution is -2.35. The van der Waals surface area contributed by atoms with Crippen LogP contribution >= 0.6 is 9.90 Å². The van der Waals surface area contributed by atoms with Crippen molar-refractivity contribution in [3.8, 4) is 0 Å². The number of hydrogen-bond acceptors (Lipinski definition) is 4. The highest BCUT2D eigenvalue weighted by atomic mass is 32.9. The third-order valence-electron chi connectivity index (χ3n) is 4.14. The molecule has 0 spiro atoms. The number of carbonyl (C=O) groups excluding carboxylic acids is 1. The van der Waals surface area contributed by atoms with E-state index < -0.39 is 20.6 Å². The van der Waals surface area contributed by atoms with Crippen molar-refractivity contribution in [2.75, 3.05) is 0 Å². The summed E-state index contributed by atoms with van der Waals surface area (Å²) in [7, 11) is -3.83. The van der Waals surface area contributed by atoms with Crippen molar-refractivity contribution < 1.29 is 22.8 Å². The van der Waals surface area contributed by atoms with Gasteiger partial charge in [0, 0.05) is 33.5 Å². The van der Waals surface area contributed by atoms with E-state index in [1.807, 2.05) is 91.0 Å². The number of hydrogen-bond donors (Lipinski definition) is 2. The molecular weight excluding hydrogens is 451 g/mol. The molecule has 0 aromatic heterocycles. The molecule has 0 aliphatic rings. The summed E-state index contributed by atoms with van der Waals surface area (Å²) >= 11 is 3.47. The molecule has 1 unspecified atom stereocenters. The second-order valence-electron chi connectivity index (χ2n) is 6.40. The van der Waals surface area contributed by atoms with Gasteiger partial charge in [0.1, 0.15) is 0 Å². The van der Waals surface area contributed by atoms with Crippen molar-refractivity contribution in [2.45, 2.75) is 12.5 Å². The first-order chi connectivity index (χ1) is 14.1. The Kier molecular flexibility index (Phi) is 10.2. The molecule has 3 aromatic carbocycles. The molecule has 0 heterocycles. The molecule has 0 aliphatic heterocycles. The summed E-state index contributed by atoms with van der Waals surface area (Å²) in [6, 6.07) is 29.4. The molecule has 164 valence electrons. The minimum Gasteiger partial charge on any atom is -0.441 e. The van der Waals surface area contributed by atoms with Gasteiger partial charge in [-0.25, -0.2) is 4.79 Å². The maximum atomic E-state index is 12.6. The summed E-state index contributed by atoms with van der Waals surface area (Å²) in [5.74, 6) is -0.420. The third-order valence-corrected chi connectivity index (χ3v) is 4.14. The molecule has 0 amide bonds. The van der Waals surface area contributed by atoms with Crippen LogP contribution in [-0.4, -0.2) is 19.3 Å². The van der Waals surface area contributed by atoms with E-state index in [4.69, 9.17) is 18.1 Å². The molecule has 5 nitrogen and oxygen atoms in total. The largest absolute Gasteiger partial charge is 0.441 e. The monoisotopic (exact) mass is 476 g/mol. The fraction of sp³-hybridized carbons (Fsp3) is 0.0870. The van der Waals surface area contributed by atoms with Crippen LogP contribution in [0.3, 0.4) is 0 Å². The fourth-order valence-corrected chi connectivity index (χ4v) is 2.92. The van der Waals surface area contributed by atoms with E-state index in [0.717, 1.165) is 16.7 Å². The SMILES string of the molecule is C=C(C)C(=O)OC(c1ccccc1)(c1ccccc1)c1ccccc1.O=S(O)(O)=S.P. The number of rotatable bonds is 5. The zero-order valence-corrected chi connectivity index (χ0v) is 20.1. The van der Waals surface area contributed by atoms with Gasteiger partial charge >= 0.3 is 5.97 Å². The van der Waals surface area contributed by atoms with Gasteiger partial charge in [0.25, 0.3) is 9.05 Å². The van der Waals surface area contributed by atoms with Crippen LogP contribution in [0.2, 0.25) is 0 Å². The Morgan fingerprint density at radius 2 is 1.10 bits per heavy atom. The highest BCUT2D eigenvalue weighted by Gasteiger charge is 2.40. The van der Waals surface area contributed by atoms with E-state index in [2.05, 4.69) is 17.8 Å². The van der Waals surface area contributed by atoms with Crippen molar-refractivity contribution >= 4 is 36.1 Å². The second kappa shape index (κ2) is 11.8. The average molecular weight is 477 g/mol. The van der Waals surface area contributed by atoms with E-state index in [1.165, 1.54) is 0 Å². The van der Waals surface area contributed by atoms with Gasteiger partial charge in [0.2, 0.25) is 0 Å². The van der Waals surface area contributed by atoms with Crippen LogP contribution in [0.5, 0.6) is 0 Å². The Labute approximate surface area is 191 Å². The molecule has 1 atom stereocenters. The van der Waals surface area contributed by atoms with Crippen molar-refractivity contribution in [2.24, 2.45) is 0 Å². The first kappa shape index (κ1) is 26.6. The van der Waals surface area contributed by atoms with E-state index in [-0.39, 0.29) is 9.90 Å². The molecule has 3 aromatic rings. The molecule has 8 heteroatoms. The smallest absolute Gasteiger partial charge is 0.334 e. The summed E-state index contributed by atoms with van der Waals surface area (Å²) in [6.07, 6.45) is 0. The minimum absolute atomic E-state index is 0. The number of carbonyl (C=O) groups is 1. The van der Waals surface area contributed by atoms with Gasteiger partial charge in [-0.2, -0.15) is 14.1 Å².